The number of amides is 1. The Morgan fingerprint density at radius 1 is 1.06 bits per heavy atom. The Morgan fingerprint density at radius 3 is 2.19 bits per heavy atom. The molecule has 0 fully saturated rings. The molecule has 7 heteroatoms. The minimum Gasteiger partial charge on any atom is -0.494 e. The van der Waals surface area contributed by atoms with Crippen LogP contribution in [0.25, 0.3) is 5.76 Å². The van der Waals surface area contributed by atoms with E-state index in [4.69, 9.17) is 13.7 Å². The van der Waals surface area contributed by atoms with Crippen molar-refractivity contribution in [3.8, 4) is 0 Å². The van der Waals surface area contributed by atoms with Crippen molar-refractivity contribution in [2.24, 2.45) is 0 Å². The number of rotatable bonds is 7. The first-order valence-corrected chi connectivity index (χ1v) is 11.0. The second kappa shape index (κ2) is 11.1. The maximum absolute atomic E-state index is 12.5. The zero-order chi connectivity index (χ0) is 23.0. The summed E-state index contributed by atoms with van der Waals surface area (Å²) in [6, 6.07) is 17.1. The van der Waals surface area contributed by atoms with E-state index in [0.717, 1.165) is 16.0 Å². The van der Waals surface area contributed by atoms with Gasteiger partial charge in [-0.25, -0.2) is 4.79 Å². The lowest BCUT2D eigenvalue weighted by Gasteiger charge is -2.22. The predicted molar refractivity (Wildman–Crippen MR) is 126 cm³/mol. The largest absolute Gasteiger partial charge is 0.494 e. The summed E-state index contributed by atoms with van der Waals surface area (Å²) in [6.45, 7) is 8.96. The van der Waals surface area contributed by atoms with Gasteiger partial charge in [0.25, 0.3) is 0 Å². The molecule has 1 amide bonds. The van der Waals surface area contributed by atoms with Crippen molar-refractivity contribution in [3.63, 3.8) is 0 Å². The Balaban J connectivity index is 2.37. The van der Waals surface area contributed by atoms with Gasteiger partial charge in [-0.15, -0.1) is 0 Å². The second-order valence-corrected chi connectivity index (χ2v) is 9.70. The van der Waals surface area contributed by atoms with Crippen LogP contribution in [0.1, 0.15) is 38.8 Å². The van der Waals surface area contributed by atoms with Crippen LogP contribution in [0, 0.1) is 6.92 Å². The zero-order valence-corrected chi connectivity index (χ0v) is 19.7. The van der Waals surface area contributed by atoms with Crippen LogP contribution in [0.3, 0.4) is 0 Å². The van der Waals surface area contributed by atoms with Crippen LogP contribution < -0.4 is 5.32 Å². The Kier molecular flexibility index (Phi) is 8.86. The van der Waals surface area contributed by atoms with E-state index in [-0.39, 0.29) is 11.7 Å². The van der Waals surface area contributed by atoms with Crippen molar-refractivity contribution in [1.29, 1.82) is 0 Å². The number of methoxy groups -OCH3 is 1. The predicted octanol–water partition coefficient (Wildman–Crippen LogP) is 5.80. The average molecular weight is 446 g/mol. The maximum atomic E-state index is 12.5. The van der Waals surface area contributed by atoms with E-state index in [1.807, 2.05) is 61.5 Å². The van der Waals surface area contributed by atoms with Crippen LogP contribution in [0.4, 0.5) is 4.79 Å². The van der Waals surface area contributed by atoms with Crippen molar-refractivity contribution in [1.82, 2.24) is 5.32 Å². The zero-order valence-electron chi connectivity index (χ0n) is 18.9. The minimum absolute atomic E-state index is 0.00774. The van der Waals surface area contributed by atoms with E-state index in [1.165, 1.54) is 7.11 Å². The fourth-order valence-corrected chi connectivity index (χ4v) is 3.96. The molecule has 0 aromatic heterocycles. The van der Waals surface area contributed by atoms with Gasteiger partial charge in [0.05, 0.1) is 17.9 Å². The highest BCUT2D eigenvalue weighted by Gasteiger charge is 2.20. The number of ether oxygens (including phenoxy) is 2. The Morgan fingerprint density at radius 2 is 1.68 bits per heavy atom. The lowest BCUT2D eigenvalue weighted by Crippen LogP contribution is -2.33. The third-order valence-corrected chi connectivity index (χ3v) is 5.58. The number of aliphatic hydroxyl groups is 1. The summed E-state index contributed by atoms with van der Waals surface area (Å²) in [5.74, 6) is 0.453. The van der Waals surface area contributed by atoms with Crippen molar-refractivity contribution in [2.45, 2.75) is 45.1 Å². The van der Waals surface area contributed by atoms with Crippen molar-refractivity contribution in [3.05, 3.63) is 71.4 Å². The molecule has 2 N–H and O–H groups in total. The van der Waals surface area contributed by atoms with Gasteiger partial charge >= 0.3 is 6.09 Å². The number of carbonyl (C=O) groups is 1. The van der Waals surface area contributed by atoms with Crippen molar-refractivity contribution >= 4 is 27.7 Å². The normalized spacial score (nSPS) is 13.7. The van der Waals surface area contributed by atoms with E-state index in [1.54, 1.807) is 27.7 Å². The number of benzene rings is 2. The van der Waals surface area contributed by atoms with Gasteiger partial charge in [-0.3, -0.25) is 5.32 Å². The number of aliphatic hydroxyl groups excluding tert-OH is 1. The minimum atomic E-state index is -0.987. The molecule has 0 aliphatic heterocycles. The number of alkyl carbamates (subject to hydrolysis) is 1. The summed E-state index contributed by atoms with van der Waals surface area (Å²) < 4.78 is 17.1. The molecule has 2 rings (SSSR count). The number of nitrogens with one attached hydrogen (secondary N) is 1. The van der Waals surface area contributed by atoms with Gasteiger partial charge in [0.1, 0.15) is 18.0 Å². The number of hydrogen-bond acceptors (Lipinski definition) is 4. The lowest BCUT2D eigenvalue weighted by atomic mass is 10.1. The van der Waals surface area contributed by atoms with Crippen molar-refractivity contribution < 1.29 is 23.6 Å². The van der Waals surface area contributed by atoms with Crippen LogP contribution in [-0.4, -0.2) is 35.6 Å². The molecule has 1 atom stereocenters. The SMILES string of the molecule is CO/C(=C(\CO/S(=C(\C)O)c1ccc(C)cc1)NC(=O)OC(C)(C)C)c1ccccc1. The molecular formula is C24H31NO5S. The lowest BCUT2D eigenvalue weighted by molar-refractivity contribution is 0.0539. The van der Waals surface area contributed by atoms with Crippen LogP contribution >= 0.6 is 10.8 Å². The maximum Gasteiger partial charge on any atom is 0.412 e. The monoisotopic (exact) mass is 445 g/mol. The van der Waals surface area contributed by atoms with Gasteiger partial charge in [-0.2, -0.15) is 0 Å². The molecule has 31 heavy (non-hydrogen) atoms. The first-order valence-electron chi connectivity index (χ1n) is 9.90. The molecule has 168 valence electrons. The van der Waals surface area contributed by atoms with Crippen LogP contribution in [-0.2, 0) is 13.7 Å². The molecule has 0 aliphatic carbocycles. The molecule has 0 bridgehead atoms. The summed E-state index contributed by atoms with van der Waals surface area (Å²) in [4.78, 5) is 13.3. The number of carbonyl (C=O) groups excluding carboxylic acids is 1. The van der Waals surface area contributed by atoms with Gasteiger partial charge in [0, 0.05) is 10.5 Å². The smallest absolute Gasteiger partial charge is 0.412 e. The first-order chi connectivity index (χ1) is 14.6. The molecular weight excluding hydrogens is 414 g/mol. The second-order valence-electron chi connectivity index (χ2n) is 7.87. The standard InChI is InChI=1S/C24H31NO5S/c1-17-12-14-20(15-13-17)31(18(2)26)29-16-21(25-23(27)30-24(3,4)5)22(28-6)19-10-8-7-9-11-19/h7-15,26H,16H2,1-6H3,(H,25,27)/b22-21+. The van der Waals surface area contributed by atoms with E-state index in [9.17, 15) is 9.90 Å². The van der Waals surface area contributed by atoms with E-state index >= 15 is 0 Å². The first kappa shape index (κ1) is 24.7. The Labute approximate surface area is 187 Å². The molecule has 2 aromatic carbocycles. The molecule has 0 aliphatic rings. The highest BCUT2D eigenvalue weighted by Crippen LogP contribution is 2.31. The van der Waals surface area contributed by atoms with Gasteiger partial charge in [-0.05, 0) is 57.5 Å². The molecule has 6 nitrogen and oxygen atoms in total. The fourth-order valence-electron chi connectivity index (χ4n) is 2.69. The Bertz CT molecular complexity index is 940. The highest BCUT2D eigenvalue weighted by atomic mass is 32.2. The van der Waals surface area contributed by atoms with Gasteiger partial charge in [-0.1, -0.05) is 48.0 Å². The highest BCUT2D eigenvalue weighted by molar-refractivity contribution is 8.11. The van der Waals surface area contributed by atoms with Crippen molar-refractivity contribution in [2.75, 3.05) is 13.7 Å². The molecule has 0 spiro atoms. The van der Waals surface area contributed by atoms with Gasteiger partial charge in [0.15, 0.2) is 0 Å². The van der Waals surface area contributed by atoms with Crippen LogP contribution in [0.2, 0.25) is 0 Å². The summed E-state index contributed by atoms with van der Waals surface area (Å²) in [6.07, 6.45) is -0.614. The average Bonchev–Trinajstić information content (AvgIpc) is 2.69. The molecule has 1 unspecified atom stereocenters. The third kappa shape index (κ3) is 7.86. The quantitative estimate of drug-likeness (QED) is 0.416. The molecule has 0 saturated carbocycles. The topological polar surface area (TPSA) is 77.0 Å². The summed E-state index contributed by atoms with van der Waals surface area (Å²) >= 11 is 0. The summed E-state index contributed by atoms with van der Waals surface area (Å²) in [7, 11) is 0.543. The summed E-state index contributed by atoms with van der Waals surface area (Å²) in [5.41, 5.74) is 1.63. The van der Waals surface area contributed by atoms with E-state index in [2.05, 4.69) is 5.32 Å². The van der Waals surface area contributed by atoms with Gasteiger partial charge < -0.3 is 18.8 Å². The number of aryl methyl sites for hydroxylation is 1. The third-order valence-electron chi connectivity index (χ3n) is 3.99. The van der Waals surface area contributed by atoms with E-state index in [0.29, 0.717) is 11.5 Å². The molecule has 0 radical (unpaired) electrons. The van der Waals surface area contributed by atoms with E-state index < -0.39 is 22.5 Å². The number of hydrogen-bond donors (Lipinski definition) is 2. The molecule has 0 saturated heterocycles. The van der Waals surface area contributed by atoms with Crippen LogP contribution in [0.15, 0.2) is 65.2 Å². The molecule has 2 aromatic rings. The Hall–Kier alpha value is -2.61. The van der Waals surface area contributed by atoms with Gasteiger partial charge in [0.2, 0.25) is 0 Å². The summed E-state index contributed by atoms with van der Waals surface area (Å²) in [5, 5.41) is 13.1. The van der Waals surface area contributed by atoms with Crippen LogP contribution in [0.5, 0.6) is 0 Å². The molecule has 0 heterocycles. The fraction of sp³-hybridized carbons (Fsp3) is 0.333.